The highest BCUT2D eigenvalue weighted by Crippen LogP contribution is 2.20. The summed E-state index contributed by atoms with van der Waals surface area (Å²) in [7, 11) is 1.74. The van der Waals surface area contributed by atoms with E-state index in [1.165, 1.54) is 5.56 Å². The number of nitrogens with one attached hydrogen (secondary N) is 2. The van der Waals surface area contributed by atoms with Gasteiger partial charge in [0.25, 0.3) is 0 Å². The van der Waals surface area contributed by atoms with Crippen molar-refractivity contribution in [1.82, 2.24) is 25.4 Å². The van der Waals surface area contributed by atoms with Crippen LogP contribution in [0.2, 0.25) is 0 Å². The molecule has 0 spiro atoms. The summed E-state index contributed by atoms with van der Waals surface area (Å²) in [5.74, 6) is 0.224. The normalized spacial score (nSPS) is 15.9. The summed E-state index contributed by atoms with van der Waals surface area (Å²) >= 11 is 1.61. The lowest BCUT2D eigenvalue weighted by molar-refractivity contribution is -0.124. The number of benzene rings is 1. The van der Waals surface area contributed by atoms with Crippen molar-refractivity contribution in [2.75, 3.05) is 39.9 Å². The van der Waals surface area contributed by atoms with E-state index in [1.807, 2.05) is 23.6 Å². The van der Waals surface area contributed by atoms with Gasteiger partial charge in [0.1, 0.15) is 6.04 Å². The number of urea groups is 1. The average Bonchev–Trinajstić information content (AvgIpc) is 3.36. The molecular weight excluding hydrogens is 474 g/mol. The van der Waals surface area contributed by atoms with E-state index in [0.29, 0.717) is 32.1 Å². The third kappa shape index (κ3) is 8.87. The van der Waals surface area contributed by atoms with Crippen molar-refractivity contribution >= 4 is 23.3 Å². The number of ether oxygens (including phenoxy) is 1. The molecule has 1 aliphatic rings. The molecule has 9 heteroatoms. The number of hydrogen-bond donors (Lipinski definition) is 2. The fourth-order valence-corrected chi connectivity index (χ4v) is 4.96. The van der Waals surface area contributed by atoms with Crippen molar-refractivity contribution in [1.29, 1.82) is 0 Å². The molecular formula is C27H41N5O3S. The Morgan fingerprint density at radius 1 is 1.17 bits per heavy atom. The molecule has 2 atom stereocenters. The lowest BCUT2D eigenvalue weighted by Gasteiger charge is -2.29. The van der Waals surface area contributed by atoms with E-state index in [2.05, 4.69) is 53.4 Å². The summed E-state index contributed by atoms with van der Waals surface area (Å²) in [5.41, 5.74) is 2.05. The highest BCUT2D eigenvalue weighted by atomic mass is 32.1. The molecule has 36 heavy (non-hydrogen) atoms. The third-order valence-corrected chi connectivity index (χ3v) is 7.62. The Bertz CT molecular complexity index is 946. The summed E-state index contributed by atoms with van der Waals surface area (Å²) < 4.78 is 5.44. The fourth-order valence-electron chi connectivity index (χ4n) is 4.14. The van der Waals surface area contributed by atoms with E-state index in [1.54, 1.807) is 23.3 Å². The second-order valence-corrected chi connectivity index (χ2v) is 10.6. The van der Waals surface area contributed by atoms with Gasteiger partial charge in [-0.05, 0) is 24.8 Å². The number of thiazole rings is 1. The van der Waals surface area contributed by atoms with Crippen LogP contribution < -0.4 is 10.6 Å². The van der Waals surface area contributed by atoms with E-state index >= 15 is 0 Å². The van der Waals surface area contributed by atoms with Gasteiger partial charge < -0.3 is 20.3 Å². The number of morpholine rings is 1. The molecule has 2 aromatic rings. The van der Waals surface area contributed by atoms with Gasteiger partial charge in [-0.1, -0.05) is 51.1 Å². The number of carbonyl (C=O) groups excluding carboxylic acids is 2. The van der Waals surface area contributed by atoms with Crippen LogP contribution in [-0.4, -0.2) is 78.7 Å². The van der Waals surface area contributed by atoms with Crippen molar-refractivity contribution in [2.24, 2.45) is 0 Å². The molecule has 8 nitrogen and oxygen atoms in total. The topological polar surface area (TPSA) is 86.8 Å². The molecule has 1 aromatic carbocycles. The first-order valence-corrected chi connectivity index (χ1v) is 13.8. The van der Waals surface area contributed by atoms with E-state index in [0.717, 1.165) is 43.2 Å². The lowest BCUT2D eigenvalue weighted by atomic mass is 10.0. The molecule has 1 aliphatic heterocycles. The molecule has 1 aromatic heterocycles. The van der Waals surface area contributed by atoms with Crippen LogP contribution in [-0.2, 0) is 22.5 Å². The van der Waals surface area contributed by atoms with Gasteiger partial charge in [0.2, 0.25) is 5.91 Å². The molecule has 1 fully saturated rings. The monoisotopic (exact) mass is 515 g/mol. The minimum absolute atomic E-state index is 0.00452. The van der Waals surface area contributed by atoms with Gasteiger partial charge in [-0.15, -0.1) is 11.3 Å². The number of carbonyl (C=O) groups is 2. The second kappa shape index (κ2) is 14.3. The standard InChI is InChI=1S/C27H41N5O3S/c1-5-22(17-21-9-7-6-8-10-21)28-25(33)24(11-12-32-13-15-35-16-14-32)30-27(34)31(4)18-23-19-36-26(29-23)20(2)3/h6-10,19-20,22,24H,5,11-18H2,1-4H3,(H,28,33)(H,30,34)/t22-,24+/m1/s1. The van der Waals surface area contributed by atoms with E-state index in [9.17, 15) is 9.59 Å². The third-order valence-electron chi connectivity index (χ3n) is 6.43. The summed E-state index contributed by atoms with van der Waals surface area (Å²) in [6.07, 6.45) is 2.11. The molecule has 3 rings (SSSR count). The molecule has 0 radical (unpaired) electrons. The molecule has 2 heterocycles. The number of aromatic nitrogens is 1. The number of rotatable bonds is 12. The Morgan fingerprint density at radius 2 is 1.89 bits per heavy atom. The SMILES string of the molecule is CC[C@H](Cc1ccccc1)NC(=O)[C@H](CCN1CCOCC1)NC(=O)N(C)Cc1csc(C(C)C)n1. The van der Waals surface area contributed by atoms with Crippen LogP contribution in [0.1, 0.15) is 55.8 Å². The Hall–Kier alpha value is -2.49. The highest BCUT2D eigenvalue weighted by Gasteiger charge is 2.26. The quantitative estimate of drug-likeness (QED) is 0.451. The van der Waals surface area contributed by atoms with Crippen LogP contribution in [0.25, 0.3) is 0 Å². The van der Waals surface area contributed by atoms with E-state index < -0.39 is 6.04 Å². The van der Waals surface area contributed by atoms with Crippen molar-refractivity contribution in [3.05, 3.63) is 52.0 Å². The molecule has 0 aliphatic carbocycles. The van der Waals surface area contributed by atoms with Crippen LogP contribution in [0.3, 0.4) is 0 Å². The lowest BCUT2D eigenvalue weighted by Crippen LogP contribution is -2.53. The first-order chi connectivity index (χ1) is 17.4. The van der Waals surface area contributed by atoms with Crippen molar-refractivity contribution in [2.45, 2.75) is 64.6 Å². The van der Waals surface area contributed by atoms with Crippen molar-refractivity contribution < 1.29 is 14.3 Å². The molecule has 0 saturated carbocycles. The van der Waals surface area contributed by atoms with Gasteiger partial charge in [-0.25, -0.2) is 9.78 Å². The maximum atomic E-state index is 13.4. The summed E-state index contributed by atoms with van der Waals surface area (Å²) in [6, 6.07) is 9.28. The summed E-state index contributed by atoms with van der Waals surface area (Å²) in [4.78, 5) is 35.0. The number of amides is 3. The van der Waals surface area contributed by atoms with Crippen molar-refractivity contribution in [3.63, 3.8) is 0 Å². The molecule has 1 saturated heterocycles. The van der Waals surface area contributed by atoms with Gasteiger partial charge in [0, 0.05) is 44.0 Å². The smallest absolute Gasteiger partial charge is 0.318 e. The number of hydrogen-bond acceptors (Lipinski definition) is 6. The van der Waals surface area contributed by atoms with Gasteiger partial charge in [0.05, 0.1) is 30.5 Å². The largest absolute Gasteiger partial charge is 0.379 e. The molecule has 198 valence electrons. The predicted molar refractivity (Wildman–Crippen MR) is 144 cm³/mol. The molecule has 2 N–H and O–H groups in total. The molecule has 3 amide bonds. The minimum Gasteiger partial charge on any atom is -0.379 e. The minimum atomic E-state index is -0.616. The van der Waals surface area contributed by atoms with Gasteiger partial charge in [-0.2, -0.15) is 0 Å². The van der Waals surface area contributed by atoms with Crippen LogP contribution in [0.5, 0.6) is 0 Å². The fraction of sp³-hybridized carbons (Fsp3) is 0.593. The maximum absolute atomic E-state index is 13.4. The predicted octanol–water partition coefficient (Wildman–Crippen LogP) is 3.64. The van der Waals surface area contributed by atoms with Gasteiger partial charge in [-0.3, -0.25) is 9.69 Å². The zero-order chi connectivity index (χ0) is 25.9. The molecule has 0 bridgehead atoms. The van der Waals surface area contributed by atoms with Gasteiger partial charge in [0.15, 0.2) is 0 Å². The Morgan fingerprint density at radius 3 is 2.53 bits per heavy atom. The van der Waals surface area contributed by atoms with E-state index in [4.69, 9.17) is 4.74 Å². The van der Waals surface area contributed by atoms with Crippen LogP contribution in [0, 0.1) is 0 Å². The first-order valence-electron chi connectivity index (χ1n) is 13.0. The van der Waals surface area contributed by atoms with Crippen LogP contribution in [0.4, 0.5) is 4.79 Å². The van der Waals surface area contributed by atoms with Crippen LogP contribution >= 0.6 is 11.3 Å². The summed E-state index contributed by atoms with van der Waals surface area (Å²) in [6.45, 7) is 10.5. The highest BCUT2D eigenvalue weighted by molar-refractivity contribution is 7.09. The molecule has 0 unspecified atom stereocenters. The first kappa shape index (κ1) is 28.1. The zero-order valence-electron chi connectivity index (χ0n) is 22.0. The van der Waals surface area contributed by atoms with E-state index in [-0.39, 0.29) is 18.0 Å². The Labute approximate surface area is 219 Å². The average molecular weight is 516 g/mol. The van der Waals surface area contributed by atoms with Crippen molar-refractivity contribution in [3.8, 4) is 0 Å². The second-order valence-electron chi connectivity index (χ2n) is 9.74. The summed E-state index contributed by atoms with van der Waals surface area (Å²) in [5, 5.41) is 9.24. The number of nitrogens with zero attached hydrogens (tertiary/aromatic N) is 3. The Balaban J connectivity index is 1.62. The zero-order valence-corrected chi connectivity index (χ0v) is 22.9. The Kier molecular flexibility index (Phi) is 11.2. The maximum Gasteiger partial charge on any atom is 0.318 e. The van der Waals surface area contributed by atoms with Crippen LogP contribution in [0.15, 0.2) is 35.7 Å². The van der Waals surface area contributed by atoms with Gasteiger partial charge >= 0.3 is 6.03 Å².